The molecule has 0 aliphatic carbocycles. The zero-order chi connectivity index (χ0) is 13.0. The highest BCUT2D eigenvalue weighted by molar-refractivity contribution is 8.00. The Labute approximate surface area is 112 Å². The first-order valence-electron chi connectivity index (χ1n) is 6.08. The molecule has 0 amide bonds. The van der Waals surface area contributed by atoms with Gasteiger partial charge >= 0.3 is 0 Å². The number of rotatable bonds is 4. The van der Waals surface area contributed by atoms with Crippen molar-refractivity contribution in [1.82, 2.24) is 4.98 Å². The second kappa shape index (κ2) is 5.93. The molecular weight excluding hydrogens is 268 g/mol. The van der Waals surface area contributed by atoms with Crippen LogP contribution in [0.3, 0.4) is 0 Å². The average Bonchev–Trinajstić information content (AvgIpc) is 2.37. The minimum Gasteiger partial charge on any atom is -0.368 e. The van der Waals surface area contributed by atoms with Gasteiger partial charge < -0.3 is 5.32 Å². The summed E-state index contributed by atoms with van der Waals surface area (Å²) in [4.78, 5) is 4.41. The van der Waals surface area contributed by atoms with E-state index in [0.717, 1.165) is 6.54 Å². The van der Waals surface area contributed by atoms with Crippen LogP contribution < -0.4 is 5.32 Å². The van der Waals surface area contributed by atoms with Crippen LogP contribution in [0.5, 0.6) is 0 Å². The SMILES string of the molecule is CS(=O)(=O)c1cccnc1NCC1CCCCS1. The van der Waals surface area contributed by atoms with E-state index in [1.54, 1.807) is 18.3 Å². The van der Waals surface area contributed by atoms with Gasteiger partial charge in [-0.25, -0.2) is 13.4 Å². The smallest absolute Gasteiger partial charge is 0.179 e. The molecule has 1 N–H and O–H groups in total. The van der Waals surface area contributed by atoms with Crippen LogP contribution in [-0.2, 0) is 9.84 Å². The van der Waals surface area contributed by atoms with Crippen LogP contribution in [0.25, 0.3) is 0 Å². The first-order chi connectivity index (χ1) is 8.57. The van der Waals surface area contributed by atoms with Gasteiger partial charge in [0.1, 0.15) is 10.7 Å². The fraction of sp³-hybridized carbons (Fsp3) is 0.583. The van der Waals surface area contributed by atoms with Crippen LogP contribution in [0.1, 0.15) is 19.3 Å². The minimum absolute atomic E-state index is 0.283. The molecule has 1 aliphatic heterocycles. The van der Waals surface area contributed by atoms with Crippen LogP contribution in [0.2, 0.25) is 0 Å². The number of aromatic nitrogens is 1. The van der Waals surface area contributed by atoms with Gasteiger partial charge in [-0.05, 0) is 30.7 Å². The van der Waals surface area contributed by atoms with E-state index in [2.05, 4.69) is 10.3 Å². The minimum atomic E-state index is -3.22. The van der Waals surface area contributed by atoms with Crippen molar-refractivity contribution in [3.05, 3.63) is 18.3 Å². The van der Waals surface area contributed by atoms with E-state index < -0.39 is 9.84 Å². The van der Waals surface area contributed by atoms with Gasteiger partial charge in [0.05, 0.1) is 0 Å². The van der Waals surface area contributed by atoms with Gasteiger partial charge in [-0.2, -0.15) is 11.8 Å². The molecule has 0 spiro atoms. The number of hydrogen-bond donors (Lipinski definition) is 1. The van der Waals surface area contributed by atoms with Crippen LogP contribution in [0, 0.1) is 0 Å². The highest BCUT2D eigenvalue weighted by Crippen LogP contribution is 2.26. The summed E-state index contributed by atoms with van der Waals surface area (Å²) in [5.74, 6) is 1.68. The second-order valence-electron chi connectivity index (χ2n) is 4.49. The number of thioether (sulfide) groups is 1. The van der Waals surface area contributed by atoms with Crippen molar-refractivity contribution in [3.8, 4) is 0 Å². The Morgan fingerprint density at radius 1 is 1.50 bits per heavy atom. The summed E-state index contributed by atoms with van der Waals surface area (Å²) in [6, 6.07) is 3.25. The number of sulfone groups is 1. The average molecular weight is 286 g/mol. The van der Waals surface area contributed by atoms with Gasteiger partial charge in [0.25, 0.3) is 0 Å². The van der Waals surface area contributed by atoms with Crippen molar-refractivity contribution in [2.75, 3.05) is 23.9 Å². The van der Waals surface area contributed by atoms with Crippen molar-refractivity contribution >= 4 is 27.4 Å². The molecule has 4 nitrogen and oxygen atoms in total. The lowest BCUT2D eigenvalue weighted by atomic mass is 10.2. The zero-order valence-electron chi connectivity index (χ0n) is 10.4. The topological polar surface area (TPSA) is 59.1 Å². The molecule has 2 rings (SSSR count). The predicted molar refractivity (Wildman–Crippen MR) is 75.9 cm³/mol. The van der Waals surface area contributed by atoms with Crippen LogP contribution in [0.15, 0.2) is 23.2 Å². The highest BCUT2D eigenvalue weighted by atomic mass is 32.2. The number of hydrogen-bond acceptors (Lipinski definition) is 5. The summed E-state index contributed by atoms with van der Waals surface area (Å²) in [5, 5.41) is 3.74. The van der Waals surface area contributed by atoms with Gasteiger partial charge in [-0.1, -0.05) is 6.42 Å². The van der Waals surface area contributed by atoms with Crippen molar-refractivity contribution in [2.45, 2.75) is 29.4 Å². The summed E-state index contributed by atoms with van der Waals surface area (Å²) >= 11 is 1.96. The first kappa shape index (κ1) is 13.7. The fourth-order valence-electron chi connectivity index (χ4n) is 2.00. The third-order valence-corrected chi connectivity index (χ3v) is 5.47. The lowest BCUT2D eigenvalue weighted by Crippen LogP contribution is -2.21. The molecule has 0 radical (unpaired) electrons. The van der Waals surface area contributed by atoms with Gasteiger partial charge in [-0.3, -0.25) is 0 Å². The molecule has 0 aromatic carbocycles. The molecule has 6 heteroatoms. The van der Waals surface area contributed by atoms with Crippen LogP contribution >= 0.6 is 11.8 Å². The molecule has 0 saturated carbocycles. The maximum Gasteiger partial charge on any atom is 0.179 e. The van der Waals surface area contributed by atoms with E-state index in [0.29, 0.717) is 11.1 Å². The molecule has 100 valence electrons. The molecule has 1 atom stereocenters. The van der Waals surface area contributed by atoms with Crippen molar-refractivity contribution in [3.63, 3.8) is 0 Å². The monoisotopic (exact) mass is 286 g/mol. The predicted octanol–water partition coefficient (Wildman–Crippen LogP) is 2.18. The van der Waals surface area contributed by atoms with E-state index in [1.165, 1.54) is 31.3 Å². The van der Waals surface area contributed by atoms with Crippen molar-refractivity contribution in [1.29, 1.82) is 0 Å². The van der Waals surface area contributed by atoms with Crippen molar-refractivity contribution < 1.29 is 8.42 Å². The van der Waals surface area contributed by atoms with Crippen LogP contribution in [-0.4, -0.2) is 37.2 Å². The van der Waals surface area contributed by atoms with Gasteiger partial charge in [0, 0.05) is 24.2 Å². The zero-order valence-corrected chi connectivity index (χ0v) is 12.1. The molecule has 1 unspecified atom stereocenters. The molecule has 1 aliphatic rings. The summed E-state index contributed by atoms with van der Waals surface area (Å²) in [5.41, 5.74) is 0. The van der Waals surface area contributed by atoms with Crippen molar-refractivity contribution in [2.24, 2.45) is 0 Å². The van der Waals surface area contributed by atoms with E-state index in [-0.39, 0.29) is 4.90 Å². The van der Waals surface area contributed by atoms with Gasteiger partial charge in [0.2, 0.25) is 0 Å². The highest BCUT2D eigenvalue weighted by Gasteiger charge is 2.17. The Balaban J connectivity index is 2.05. The molecular formula is C12H18N2O2S2. The van der Waals surface area contributed by atoms with E-state index >= 15 is 0 Å². The maximum absolute atomic E-state index is 11.6. The molecule has 1 aromatic rings. The second-order valence-corrected chi connectivity index (χ2v) is 7.88. The largest absolute Gasteiger partial charge is 0.368 e. The molecule has 0 bridgehead atoms. The normalized spacial score (nSPS) is 20.6. The fourth-order valence-corrected chi connectivity index (χ4v) is 4.04. The third kappa shape index (κ3) is 3.62. The van der Waals surface area contributed by atoms with Gasteiger partial charge in [0.15, 0.2) is 9.84 Å². The molecule has 1 saturated heterocycles. The summed E-state index contributed by atoms with van der Waals surface area (Å²) in [7, 11) is -3.22. The van der Waals surface area contributed by atoms with E-state index in [1.807, 2.05) is 11.8 Å². The Kier molecular flexibility index (Phi) is 4.50. The third-order valence-electron chi connectivity index (χ3n) is 2.94. The Morgan fingerprint density at radius 3 is 3.00 bits per heavy atom. The Hall–Kier alpha value is -0.750. The summed E-state index contributed by atoms with van der Waals surface area (Å²) < 4.78 is 23.2. The number of pyridine rings is 1. The summed E-state index contributed by atoms with van der Waals surface area (Å²) in [6.45, 7) is 0.782. The first-order valence-corrected chi connectivity index (χ1v) is 9.02. The van der Waals surface area contributed by atoms with Gasteiger partial charge in [-0.15, -0.1) is 0 Å². The Morgan fingerprint density at radius 2 is 2.33 bits per heavy atom. The lowest BCUT2D eigenvalue weighted by Gasteiger charge is -2.22. The summed E-state index contributed by atoms with van der Waals surface area (Å²) in [6.07, 6.45) is 6.58. The molecule has 1 fully saturated rings. The standard InChI is InChI=1S/C12H18N2O2S2/c1-18(15,16)11-6-4-7-13-12(11)14-9-10-5-2-3-8-17-10/h4,6-7,10H,2-3,5,8-9H2,1H3,(H,13,14). The van der Waals surface area contributed by atoms with Crippen LogP contribution in [0.4, 0.5) is 5.82 Å². The van der Waals surface area contributed by atoms with E-state index in [9.17, 15) is 8.42 Å². The molecule has 2 heterocycles. The maximum atomic E-state index is 11.6. The Bertz CT molecular complexity index is 497. The lowest BCUT2D eigenvalue weighted by molar-refractivity contribution is 0.601. The number of nitrogens with zero attached hydrogens (tertiary/aromatic N) is 1. The molecule has 18 heavy (non-hydrogen) atoms. The van der Waals surface area contributed by atoms with E-state index in [4.69, 9.17) is 0 Å². The molecule has 1 aromatic heterocycles. The number of anilines is 1. The number of nitrogens with one attached hydrogen (secondary N) is 1. The quantitative estimate of drug-likeness (QED) is 0.919.